The standard InChI is InChI=1S/C36H53N8O17P3S/c1-21(15-23(45)8-6-7-22-16-40-25-10-5-4-9-24(22)25)65-14-13-38-27(46)11-12-39-34(49)31(48)36(2,3)18-58-64(55,56)61-63(53,54)57-17-26-30(60-62(50,51)52)29(47)35(59-26)44-20-43-28-32(37)41-19-42-33(28)44/h4-5,9-10,16,19-21,26,29-31,35,40,47-48H,6-8,11-15,17-18H2,1-3H3,(H,38,46)(H,39,49)(H,53,54)(H,55,56)(H2,37,41,42)(H2,50,51,52)/p-2. The zero-order valence-electron chi connectivity index (χ0n) is 35.3. The van der Waals surface area contributed by atoms with Crippen molar-refractivity contribution in [2.45, 2.75) is 88.8 Å². The van der Waals surface area contributed by atoms with Crippen molar-refractivity contribution in [3.05, 3.63) is 48.7 Å². The van der Waals surface area contributed by atoms with Crippen LogP contribution in [0.5, 0.6) is 0 Å². The molecule has 360 valence electrons. The van der Waals surface area contributed by atoms with Gasteiger partial charge in [0.2, 0.25) is 11.8 Å². The third-order valence-electron chi connectivity index (χ3n) is 9.99. The molecule has 0 aliphatic carbocycles. The minimum Gasteiger partial charge on any atom is -0.790 e. The van der Waals surface area contributed by atoms with Crippen LogP contribution in [0, 0.1) is 5.41 Å². The first-order valence-corrected chi connectivity index (χ1v) is 25.5. The van der Waals surface area contributed by atoms with Gasteiger partial charge in [-0.3, -0.25) is 28.0 Å². The maximum Gasteiger partial charge on any atom is 0.481 e. The van der Waals surface area contributed by atoms with E-state index in [0.29, 0.717) is 25.1 Å². The predicted octanol–water partition coefficient (Wildman–Crippen LogP) is 0.726. The Hall–Kier alpha value is -3.68. The number of phosphoric acid groups is 3. The van der Waals surface area contributed by atoms with Gasteiger partial charge in [0.15, 0.2) is 17.7 Å². The summed E-state index contributed by atoms with van der Waals surface area (Å²) in [7, 11) is -17.0. The highest BCUT2D eigenvalue weighted by Gasteiger charge is 2.48. The molecule has 0 spiro atoms. The number of nitrogen functional groups attached to an aromatic ring is 1. The van der Waals surface area contributed by atoms with Crippen LogP contribution in [0.2, 0.25) is 0 Å². The Balaban J connectivity index is 0.982. The number of rotatable bonds is 26. The van der Waals surface area contributed by atoms with Crippen molar-refractivity contribution >= 4 is 80.7 Å². The molecule has 3 aromatic heterocycles. The van der Waals surface area contributed by atoms with Crippen LogP contribution in [-0.4, -0.2) is 124 Å². The number of hydrogen-bond donors (Lipinski definition) is 8. The van der Waals surface area contributed by atoms with E-state index >= 15 is 0 Å². The summed E-state index contributed by atoms with van der Waals surface area (Å²) in [5, 5.41) is 27.8. The number of aliphatic hydroxyl groups is 2. The van der Waals surface area contributed by atoms with Crippen molar-refractivity contribution in [3.8, 4) is 0 Å². The van der Waals surface area contributed by atoms with Gasteiger partial charge >= 0.3 is 15.6 Å². The maximum absolute atomic E-state index is 12.7. The first-order chi connectivity index (χ1) is 30.4. The fraction of sp³-hybridized carbons (Fsp3) is 0.556. The minimum atomic E-state index is -5.83. The van der Waals surface area contributed by atoms with Crippen molar-refractivity contribution in [3.63, 3.8) is 0 Å². The number of aromatic nitrogens is 5. The molecule has 5 rings (SSSR count). The SMILES string of the molecule is CC(CC(=O)CCCc1c[nH]c2ccccc12)SCCNC(=O)CCNC(=O)C(O)C(C)(C)COP(=O)(O)OP(=O)(O)OCC1OC(n2cnc3c(N)ncnc32)C(O)C1OP(=O)([O-])[O-]. The molecule has 0 saturated carbocycles. The van der Waals surface area contributed by atoms with Crippen molar-refractivity contribution in [2.75, 3.05) is 37.8 Å². The largest absolute Gasteiger partial charge is 0.790 e. The molecule has 1 fully saturated rings. The summed E-state index contributed by atoms with van der Waals surface area (Å²) in [6, 6.07) is 8.01. The summed E-state index contributed by atoms with van der Waals surface area (Å²) < 4.78 is 61.8. The number of nitrogens with zero attached hydrogens (tertiary/aromatic N) is 4. The number of nitrogens with two attached hydrogens (primary N) is 1. The summed E-state index contributed by atoms with van der Waals surface area (Å²) in [4.78, 5) is 96.0. The molecule has 29 heteroatoms. The number of amides is 2. The van der Waals surface area contributed by atoms with Gasteiger partial charge in [-0.25, -0.2) is 24.1 Å². The topological polar surface area (TPSA) is 385 Å². The lowest BCUT2D eigenvalue weighted by Gasteiger charge is -2.34. The van der Waals surface area contributed by atoms with Crippen LogP contribution in [0.1, 0.15) is 58.2 Å². The molecular weight excluding hydrogens is 941 g/mol. The Morgan fingerprint density at radius 1 is 1.06 bits per heavy atom. The number of aryl methyl sites for hydroxylation is 1. The number of para-hydroxylation sites is 1. The number of benzene rings is 1. The predicted molar refractivity (Wildman–Crippen MR) is 228 cm³/mol. The monoisotopic (exact) mass is 992 g/mol. The molecule has 1 aromatic carbocycles. The molecule has 1 saturated heterocycles. The number of imidazole rings is 1. The van der Waals surface area contributed by atoms with Gasteiger partial charge < -0.3 is 65.0 Å². The summed E-state index contributed by atoms with van der Waals surface area (Å²) in [6.45, 7) is 2.50. The number of carbonyl (C=O) groups is 3. The van der Waals surface area contributed by atoms with Crippen LogP contribution >= 0.6 is 35.2 Å². The number of aromatic amines is 1. The van der Waals surface area contributed by atoms with E-state index in [4.69, 9.17) is 19.5 Å². The van der Waals surface area contributed by atoms with Gasteiger partial charge in [0.25, 0.3) is 0 Å². The number of thioether (sulfide) groups is 1. The second-order valence-electron chi connectivity index (χ2n) is 15.7. The van der Waals surface area contributed by atoms with Gasteiger partial charge in [-0.05, 0) is 24.5 Å². The first kappa shape index (κ1) is 52.3. The second kappa shape index (κ2) is 22.4. The van der Waals surface area contributed by atoms with Gasteiger partial charge in [-0.1, -0.05) is 39.0 Å². The number of fused-ring (bicyclic) bond motifs is 2. The van der Waals surface area contributed by atoms with Crippen molar-refractivity contribution in [1.82, 2.24) is 35.1 Å². The van der Waals surface area contributed by atoms with Crippen LogP contribution in [0.15, 0.2) is 43.1 Å². The number of carbonyl (C=O) groups excluding carboxylic acids is 3. The molecule has 8 unspecified atom stereocenters. The van der Waals surface area contributed by atoms with E-state index in [1.54, 1.807) is 11.8 Å². The molecule has 1 aliphatic rings. The summed E-state index contributed by atoms with van der Waals surface area (Å²) in [6.07, 6.45) is -2.89. The zero-order chi connectivity index (χ0) is 47.7. The average Bonchev–Trinajstić information content (AvgIpc) is 3.92. The summed E-state index contributed by atoms with van der Waals surface area (Å²) in [5.41, 5.74) is 6.44. The lowest BCUT2D eigenvalue weighted by atomic mass is 9.87. The van der Waals surface area contributed by atoms with Gasteiger partial charge in [0.05, 0.1) is 27.4 Å². The summed E-state index contributed by atoms with van der Waals surface area (Å²) in [5.74, 6) is -0.705. The van der Waals surface area contributed by atoms with Crippen LogP contribution in [0.3, 0.4) is 0 Å². The van der Waals surface area contributed by atoms with E-state index in [1.807, 2.05) is 31.3 Å². The number of H-pyrrole nitrogens is 1. The molecule has 4 heterocycles. The lowest BCUT2D eigenvalue weighted by Crippen LogP contribution is -2.46. The van der Waals surface area contributed by atoms with Crippen molar-refractivity contribution in [1.29, 1.82) is 0 Å². The molecule has 65 heavy (non-hydrogen) atoms. The van der Waals surface area contributed by atoms with E-state index < -0.39 is 78.6 Å². The second-order valence-corrected chi connectivity index (χ2v) is 21.4. The zero-order valence-corrected chi connectivity index (χ0v) is 38.8. The Kier molecular flexibility index (Phi) is 18.0. The van der Waals surface area contributed by atoms with Gasteiger partial charge in [-0.15, -0.1) is 0 Å². The molecule has 8 atom stereocenters. The number of Topliss-reactive ketones (excluding diaryl/α,β-unsaturated/α-hetero) is 1. The number of ketones is 1. The first-order valence-electron chi connectivity index (χ1n) is 20.0. The Labute approximate surface area is 376 Å². The fourth-order valence-electron chi connectivity index (χ4n) is 6.68. The van der Waals surface area contributed by atoms with Gasteiger partial charge in [-0.2, -0.15) is 16.1 Å². The third kappa shape index (κ3) is 15.2. The van der Waals surface area contributed by atoms with E-state index in [1.165, 1.54) is 19.4 Å². The number of anilines is 1. The van der Waals surface area contributed by atoms with E-state index in [-0.39, 0.29) is 46.9 Å². The third-order valence-corrected chi connectivity index (χ3v) is 14.2. The smallest absolute Gasteiger partial charge is 0.481 e. The van der Waals surface area contributed by atoms with Gasteiger partial charge in [0, 0.05) is 65.9 Å². The molecule has 0 radical (unpaired) electrons. The van der Waals surface area contributed by atoms with Crippen LogP contribution < -0.4 is 26.2 Å². The Morgan fingerprint density at radius 3 is 2.52 bits per heavy atom. The van der Waals surface area contributed by atoms with Crippen LogP contribution in [-0.2, 0) is 57.1 Å². The Bertz CT molecular complexity index is 2430. The number of phosphoric ester groups is 3. The molecule has 25 nitrogen and oxygen atoms in total. The maximum atomic E-state index is 12.7. The summed E-state index contributed by atoms with van der Waals surface area (Å²) >= 11 is 1.54. The highest BCUT2D eigenvalue weighted by atomic mass is 32.2. The highest BCUT2D eigenvalue weighted by Crippen LogP contribution is 2.61. The number of nitrogens with one attached hydrogen (secondary N) is 3. The van der Waals surface area contributed by atoms with Crippen LogP contribution in [0.25, 0.3) is 22.1 Å². The number of aliphatic hydroxyl groups excluding tert-OH is 2. The van der Waals surface area contributed by atoms with E-state index in [0.717, 1.165) is 41.0 Å². The molecule has 2 amide bonds. The fourth-order valence-corrected chi connectivity index (χ4v) is 10.4. The van der Waals surface area contributed by atoms with Gasteiger partial charge in [0.1, 0.15) is 42.0 Å². The minimum absolute atomic E-state index is 0.0000481. The van der Waals surface area contributed by atoms with Crippen molar-refractivity contribution in [2.24, 2.45) is 5.41 Å². The quantitative estimate of drug-likeness (QED) is 0.0317. The molecule has 0 bridgehead atoms. The molecular formula is C36H51N8O17P3S-2. The number of hydrogen-bond acceptors (Lipinski definition) is 20. The molecule has 9 N–H and O–H groups in total. The number of ether oxygens (including phenoxy) is 1. The van der Waals surface area contributed by atoms with Crippen molar-refractivity contribution < 1.29 is 80.5 Å². The molecule has 1 aliphatic heterocycles. The Morgan fingerprint density at radius 2 is 1.78 bits per heavy atom. The van der Waals surface area contributed by atoms with E-state index in [2.05, 4.69) is 45.5 Å². The lowest BCUT2D eigenvalue weighted by molar-refractivity contribution is -0.347. The average molecular weight is 993 g/mol. The van der Waals surface area contributed by atoms with Crippen LogP contribution in [0.4, 0.5) is 5.82 Å². The van der Waals surface area contributed by atoms with E-state index in [9.17, 15) is 57.9 Å². The molecule has 4 aromatic rings. The highest BCUT2D eigenvalue weighted by molar-refractivity contribution is 7.99. The normalized spacial score (nSPS) is 20.9.